The second kappa shape index (κ2) is 8.26. The van der Waals surface area contributed by atoms with E-state index in [0.717, 1.165) is 41.6 Å². The molecule has 1 aliphatic rings. The van der Waals surface area contributed by atoms with E-state index in [1.807, 2.05) is 51.1 Å². The van der Waals surface area contributed by atoms with Gasteiger partial charge in [-0.3, -0.25) is 9.78 Å². The molecular formula is C23H26N6O. The van der Waals surface area contributed by atoms with Gasteiger partial charge in [0.2, 0.25) is 0 Å². The molecular weight excluding hydrogens is 376 g/mol. The minimum atomic E-state index is -0.115. The molecule has 30 heavy (non-hydrogen) atoms. The van der Waals surface area contributed by atoms with Crippen molar-refractivity contribution >= 4 is 5.91 Å². The molecule has 0 saturated carbocycles. The van der Waals surface area contributed by atoms with Gasteiger partial charge in [0, 0.05) is 36.9 Å². The maximum atomic E-state index is 13.5. The molecule has 4 heterocycles. The van der Waals surface area contributed by atoms with E-state index in [0.29, 0.717) is 29.5 Å². The second-order valence-corrected chi connectivity index (χ2v) is 7.83. The predicted molar refractivity (Wildman–Crippen MR) is 114 cm³/mol. The summed E-state index contributed by atoms with van der Waals surface area (Å²) in [5.74, 6) is 1.33. The van der Waals surface area contributed by atoms with Crippen LogP contribution in [0.25, 0.3) is 11.1 Å². The van der Waals surface area contributed by atoms with E-state index in [-0.39, 0.29) is 11.9 Å². The monoisotopic (exact) mass is 402 g/mol. The number of carbonyl (C=O) groups is 1. The van der Waals surface area contributed by atoms with Crippen LogP contribution in [0.15, 0.2) is 30.9 Å². The average molecular weight is 403 g/mol. The molecule has 0 aliphatic carbocycles. The second-order valence-electron chi connectivity index (χ2n) is 7.83. The Morgan fingerprint density at radius 1 is 0.967 bits per heavy atom. The van der Waals surface area contributed by atoms with Gasteiger partial charge in [0.25, 0.3) is 5.91 Å². The third-order valence-corrected chi connectivity index (χ3v) is 5.66. The zero-order valence-electron chi connectivity index (χ0n) is 17.9. The van der Waals surface area contributed by atoms with Gasteiger partial charge in [-0.25, -0.2) is 19.9 Å². The lowest BCUT2D eigenvalue weighted by Crippen LogP contribution is -2.39. The molecule has 3 aromatic heterocycles. The van der Waals surface area contributed by atoms with Gasteiger partial charge in [-0.05, 0) is 64.2 Å². The van der Waals surface area contributed by atoms with Gasteiger partial charge in [0.05, 0.1) is 23.0 Å². The lowest BCUT2D eigenvalue weighted by molar-refractivity contribution is 0.0604. The maximum Gasteiger partial charge on any atom is 0.257 e. The van der Waals surface area contributed by atoms with Crippen molar-refractivity contribution in [3.63, 3.8) is 0 Å². The first-order valence-corrected chi connectivity index (χ1v) is 10.3. The molecule has 3 aromatic rings. The summed E-state index contributed by atoms with van der Waals surface area (Å²) in [4.78, 5) is 37.6. The third kappa shape index (κ3) is 3.79. The quantitative estimate of drug-likeness (QED) is 0.660. The topological polar surface area (TPSA) is 84.8 Å². The molecule has 1 amide bonds. The first kappa shape index (κ1) is 20.1. The Kier molecular flexibility index (Phi) is 5.53. The number of rotatable bonds is 3. The Hall–Kier alpha value is -3.22. The first-order valence-electron chi connectivity index (χ1n) is 10.3. The minimum Gasteiger partial charge on any atom is -0.330 e. The van der Waals surface area contributed by atoms with Gasteiger partial charge in [0.1, 0.15) is 11.6 Å². The Balaban J connectivity index is 1.79. The SMILES string of the molecule is Cc1ncc(C(=O)N2CCCCC2c2nc(C)ncc2-c2ccncc2C)c(C)n1. The highest BCUT2D eigenvalue weighted by Crippen LogP contribution is 2.37. The van der Waals surface area contributed by atoms with Crippen molar-refractivity contribution in [1.29, 1.82) is 0 Å². The van der Waals surface area contributed by atoms with Gasteiger partial charge in [-0.2, -0.15) is 0 Å². The fourth-order valence-corrected chi connectivity index (χ4v) is 4.13. The fraction of sp³-hybridized carbons (Fsp3) is 0.391. The average Bonchev–Trinajstić information content (AvgIpc) is 2.74. The molecule has 0 N–H and O–H groups in total. The van der Waals surface area contributed by atoms with Gasteiger partial charge in [-0.15, -0.1) is 0 Å². The lowest BCUT2D eigenvalue weighted by Gasteiger charge is -2.36. The first-order chi connectivity index (χ1) is 14.5. The molecule has 7 nitrogen and oxygen atoms in total. The van der Waals surface area contributed by atoms with Crippen molar-refractivity contribution in [2.24, 2.45) is 0 Å². The van der Waals surface area contributed by atoms with E-state index in [1.165, 1.54) is 0 Å². The largest absolute Gasteiger partial charge is 0.330 e. The van der Waals surface area contributed by atoms with Gasteiger partial charge >= 0.3 is 0 Å². The molecule has 1 fully saturated rings. The number of piperidine rings is 1. The van der Waals surface area contributed by atoms with Crippen LogP contribution in [0, 0.1) is 27.7 Å². The predicted octanol–water partition coefficient (Wildman–Crippen LogP) is 3.93. The number of amides is 1. The zero-order chi connectivity index (χ0) is 21.3. The third-order valence-electron chi connectivity index (χ3n) is 5.66. The van der Waals surface area contributed by atoms with E-state index < -0.39 is 0 Å². The number of hydrogen-bond donors (Lipinski definition) is 0. The minimum absolute atomic E-state index is 0.0362. The number of nitrogens with zero attached hydrogens (tertiary/aromatic N) is 6. The number of aryl methyl sites for hydroxylation is 4. The van der Waals surface area contributed by atoms with Gasteiger partial charge in [-0.1, -0.05) is 0 Å². The highest BCUT2D eigenvalue weighted by molar-refractivity contribution is 5.95. The standard InChI is InChI=1S/C23H26N6O/c1-14-11-24-9-8-18(14)20-13-26-17(4)28-22(20)21-7-5-6-10-29(21)23(30)19-12-25-16(3)27-15(19)2/h8-9,11-13,21H,5-7,10H2,1-4H3. The van der Waals surface area contributed by atoms with E-state index >= 15 is 0 Å². The van der Waals surface area contributed by atoms with Crippen LogP contribution < -0.4 is 0 Å². The van der Waals surface area contributed by atoms with Crippen LogP contribution in [-0.2, 0) is 0 Å². The number of carbonyl (C=O) groups excluding carboxylic acids is 1. The van der Waals surface area contributed by atoms with E-state index in [4.69, 9.17) is 4.98 Å². The number of aromatic nitrogens is 5. The molecule has 0 aromatic carbocycles. The molecule has 154 valence electrons. The molecule has 0 spiro atoms. The summed E-state index contributed by atoms with van der Waals surface area (Å²) in [5, 5.41) is 0. The summed E-state index contributed by atoms with van der Waals surface area (Å²) in [5.41, 5.74) is 5.23. The summed E-state index contributed by atoms with van der Waals surface area (Å²) in [7, 11) is 0. The Labute approximate surface area is 176 Å². The van der Waals surface area contributed by atoms with E-state index in [2.05, 4.69) is 19.9 Å². The van der Waals surface area contributed by atoms with Gasteiger partial charge < -0.3 is 4.90 Å². The van der Waals surface area contributed by atoms with Crippen LogP contribution in [0.1, 0.15) is 64.3 Å². The van der Waals surface area contributed by atoms with Crippen LogP contribution in [0.4, 0.5) is 0 Å². The molecule has 1 atom stereocenters. The van der Waals surface area contributed by atoms with Crippen LogP contribution in [0.3, 0.4) is 0 Å². The summed E-state index contributed by atoms with van der Waals surface area (Å²) in [6.45, 7) is 8.30. The number of likely N-dealkylation sites (tertiary alicyclic amines) is 1. The van der Waals surface area contributed by atoms with Crippen molar-refractivity contribution in [1.82, 2.24) is 29.8 Å². The summed E-state index contributed by atoms with van der Waals surface area (Å²) >= 11 is 0. The molecule has 1 saturated heterocycles. The molecule has 0 radical (unpaired) electrons. The van der Waals surface area contributed by atoms with Crippen molar-refractivity contribution in [2.45, 2.75) is 53.0 Å². The smallest absolute Gasteiger partial charge is 0.257 e. The van der Waals surface area contributed by atoms with Crippen molar-refractivity contribution < 1.29 is 4.79 Å². The van der Waals surface area contributed by atoms with Crippen molar-refractivity contribution in [2.75, 3.05) is 6.54 Å². The highest BCUT2D eigenvalue weighted by Gasteiger charge is 2.33. The van der Waals surface area contributed by atoms with E-state index in [1.54, 1.807) is 12.4 Å². The highest BCUT2D eigenvalue weighted by atomic mass is 16.2. The summed E-state index contributed by atoms with van der Waals surface area (Å²) in [6, 6.07) is 1.87. The van der Waals surface area contributed by atoms with Crippen LogP contribution >= 0.6 is 0 Å². The Morgan fingerprint density at radius 2 is 1.73 bits per heavy atom. The normalized spacial score (nSPS) is 16.5. The molecule has 1 aliphatic heterocycles. The van der Waals surface area contributed by atoms with Crippen LogP contribution in [0.5, 0.6) is 0 Å². The maximum absolute atomic E-state index is 13.5. The molecule has 0 bridgehead atoms. The number of pyridine rings is 1. The Morgan fingerprint density at radius 3 is 2.50 bits per heavy atom. The van der Waals surface area contributed by atoms with E-state index in [9.17, 15) is 4.79 Å². The Bertz CT molecular complexity index is 1100. The fourth-order valence-electron chi connectivity index (χ4n) is 4.13. The molecule has 7 heteroatoms. The number of hydrogen-bond acceptors (Lipinski definition) is 6. The lowest BCUT2D eigenvalue weighted by atomic mass is 9.92. The van der Waals surface area contributed by atoms with Crippen molar-refractivity contribution in [3.05, 3.63) is 65.0 Å². The zero-order valence-corrected chi connectivity index (χ0v) is 17.9. The van der Waals surface area contributed by atoms with Crippen LogP contribution in [0.2, 0.25) is 0 Å². The van der Waals surface area contributed by atoms with Crippen molar-refractivity contribution in [3.8, 4) is 11.1 Å². The summed E-state index contributed by atoms with van der Waals surface area (Å²) < 4.78 is 0. The molecule has 4 rings (SSSR count). The summed E-state index contributed by atoms with van der Waals surface area (Å²) in [6.07, 6.45) is 10.0. The van der Waals surface area contributed by atoms with Gasteiger partial charge in [0.15, 0.2) is 0 Å². The molecule has 1 unspecified atom stereocenters. The van der Waals surface area contributed by atoms with Crippen LogP contribution in [-0.4, -0.2) is 42.3 Å².